The maximum absolute atomic E-state index is 12.4. The average molecular weight is 288 g/mol. The van der Waals surface area contributed by atoms with E-state index in [1.165, 1.54) is 0 Å². The quantitative estimate of drug-likeness (QED) is 0.903. The summed E-state index contributed by atoms with van der Waals surface area (Å²) < 4.78 is 37.2. The zero-order chi connectivity index (χ0) is 15.3. The summed E-state index contributed by atoms with van der Waals surface area (Å²) in [5, 5.41) is 0. The maximum atomic E-state index is 12.4. The van der Waals surface area contributed by atoms with Crippen LogP contribution in [0.1, 0.15) is 16.7 Å². The van der Waals surface area contributed by atoms with Crippen molar-refractivity contribution in [3.8, 4) is 0 Å². The number of nitrogens with zero attached hydrogens (tertiary/aromatic N) is 1. The first-order chi connectivity index (χ1) is 9.23. The molecular formula is C14H19F3N2O. The molecule has 0 fully saturated rings. The summed E-state index contributed by atoms with van der Waals surface area (Å²) in [5.41, 5.74) is 8.06. The first kappa shape index (κ1) is 16.5. The minimum Gasteiger partial charge on any atom is -0.332 e. The predicted octanol–water partition coefficient (Wildman–Crippen LogP) is 2.20. The van der Waals surface area contributed by atoms with Crippen LogP contribution in [0.25, 0.3) is 0 Å². The minimum absolute atomic E-state index is 0.00868. The third-order valence-corrected chi connectivity index (χ3v) is 3.05. The Morgan fingerprint density at radius 2 is 1.90 bits per heavy atom. The lowest BCUT2D eigenvalue weighted by Crippen LogP contribution is -2.42. The van der Waals surface area contributed by atoms with Crippen LogP contribution >= 0.6 is 0 Å². The van der Waals surface area contributed by atoms with Crippen molar-refractivity contribution in [2.45, 2.75) is 26.4 Å². The van der Waals surface area contributed by atoms with Gasteiger partial charge in [0.15, 0.2) is 0 Å². The highest BCUT2D eigenvalue weighted by Crippen LogP contribution is 2.17. The van der Waals surface area contributed by atoms with Gasteiger partial charge < -0.3 is 10.6 Å². The molecule has 1 amide bonds. The molecular weight excluding hydrogens is 269 g/mol. The number of hydrogen-bond acceptors (Lipinski definition) is 2. The zero-order valence-corrected chi connectivity index (χ0v) is 11.6. The molecule has 0 saturated carbocycles. The first-order valence-electron chi connectivity index (χ1n) is 6.33. The van der Waals surface area contributed by atoms with Crippen molar-refractivity contribution in [2.24, 2.45) is 5.73 Å². The van der Waals surface area contributed by atoms with E-state index in [-0.39, 0.29) is 19.5 Å². The van der Waals surface area contributed by atoms with Gasteiger partial charge in [0.05, 0.1) is 6.42 Å². The Morgan fingerprint density at radius 3 is 2.40 bits per heavy atom. The molecule has 0 radical (unpaired) electrons. The van der Waals surface area contributed by atoms with Gasteiger partial charge in [0.2, 0.25) is 5.91 Å². The summed E-state index contributed by atoms with van der Waals surface area (Å²) in [6.45, 7) is 2.49. The van der Waals surface area contributed by atoms with E-state index in [0.717, 1.165) is 16.0 Å². The molecule has 1 aromatic carbocycles. The lowest BCUT2D eigenvalue weighted by Gasteiger charge is -2.23. The van der Waals surface area contributed by atoms with E-state index in [4.69, 9.17) is 5.73 Å². The van der Waals surface area contributed by atoms with Crippen LogP contribution in [0, 0.1) is 13.8 Å². The number of benzene rings is 1. The highest BCUT2D eigenvalue weighted by molar-refractivity contribution is 5.79. The number of hydrogen-bond donors (Lipinski definition) is 1. The number of aryl methyl sites for hydroxylation is 2. The van der Waals surface area contributed by atoms with Crippen LogP contribution < -0.4 is 5.73 Å². The third-order valence-electron chi connectivity index (χ3n) is 3.05. The van der Waals surface area contributed by atoms with E-state index < -0.39 is 18.6 Å². The van der Waals surface area contributed by atoms with Gasteiger partial charge in [-0.3, -0.25) is 4.79 Å². The lowest BCUT2D eigenvalue weighted by atomic mass is 10.0. The summed E-state index contributed by atoms with van der Waals surface area (Å²) in [4.78, 5) is 12.7. The largest absolute Gasteiger partial charge is 0.406 e. The molecule has 20 heavy (non-hydrogen) atoms. The Morgan fingerprint density at radius 1 is 1.25 bits per heavy atom. The minimum atomic E-state index is -4.41. The molecule has 0 spiro atoms. The van der Waals surface area contributed by atoms with Crippen molar-refractivity contribution in [2.75, 3.05) is 19.6 Å². The Kier molecular flexibility index (Phi) is 5.56. The van der Waals surface area contributed by atoms with E-state index in [0.29, 0.717) is 5.56 Å². The van der Waals surface area contributed by atoms with Crippen LogP contribution in [-0.2, 0) is 11.2 Å². The van der Waals surface area contributed by atoms with Crippen LogP contribution in [0.3, 0.4) is 0 Å². The summed E-state index contributed by atoms with van der Waals surface area (Å²) in [6.07, 6.45) is -4.45. The van der Waals surface area contributed by atoms with Gasteiger partial charge >= 0.3 is 6.18 Å². The second kappa shape index (κ2) is 6.74. The molecule has 0 aliphatic carbocycles. The van der Waals surface area contributed by atoms with E-state index in [9.17, 15) is 18.0 Å². The number of halogens is 3. The number of amides is 1. The molecule has 0 heterocycles. The Labute approximate surface area is 116 Å². The van der Waals surface area contributed by atoms with E-state index in [1.807, 2.05) is 26.0 Å². The molecule has 1 rings (SSSR count). The van der Waals surface area contributed by atoms with Gasteiger partial charge in [0, 0.05) is 13.1 Å². The van der Waals surface area contributed by atoms with Gasteiger partial charge in [-0.1, -0.05) is 18.2 Å². The van der Waals surface area contributed by atoms with Crippen LogP contribution in [0.2, 0.25) is 0 Å². The fourth-order valence-corrected chi connectivity index (χ4v) is 1.86. The number of carbonyl (C=O) groups is 1. The Balaban J connectivity index is 2.77. The fourth-order valence-electron chi connectivity index (χ4n) is 1.86. The molecule has 0 bridgehead atoms. The molecule has 6 heteroatoms. The van der Waals surface area contributed by atoms with Gasteiger partial charge in [-0.2, -0.15) is 13.2 Å². The van der Waals surface area contributed by atoms with Crippen molar-refractivity contribution < 1.29 is 18.0 Å². The Bertz CT molecular complexity index is 472. The molecule has 3 nitrogen and oxygen atoms in total. The second-order valence-corrected chi connectivity index (χ2v) is 4.81. The third kappa shape index (κ3) is 5.21. The SMILES string of the molecule is Cc1ccc(CC(=O)N(CCN)CC(F)(F)F)cc1C. The van der Waals surface area contributed by atoms with Crippen molar-refractivity contribution in [3.63, 3.8) is 0 Å². The highest BCUT2D eigenvalue weighted by atomic mass is 19.4. The molecule has 0 unspecified atom stereocenters. The molecule has 0 saturated heterocycles. The van der Waals surface area contributed by atoms with Gasteiger partial charge in [0.25, 0.3) is 0 Å². The Hall–Kier alpha value is -1.56. The number of carbonyl (C=O) groups excluding carboxylic acids is 1. The van der Waals surface area contributed by atoms with Crippen molar-refractivity contribution >= 4 is 5.91 Å². The van der Waals surface area contributed by atoms with E-state index in [1.54, 1.807) is 6.07 Å². The van der Waals surface area contributed by atoms with Crippen LogP contribution in [0.4, 0.5) is 13.2 Å². The smallest absolute Gasteiger partial charge is 0.332 e. The number of rotatable bonds is 5. The highest BCUT2D eigenvalue weighted by Gasteiger charge is 2.32. The van der Waals surface area contributed by atoms with Gasteiger partial charge in [-0.05, 0) is 30.5 Å². The lowest BCUT2D eigenvalue weighted by molar-refractivity contribution is -0.160. The molecule has 0 aromatic heterocycles. The summed E-state index contributed by atoms with van der Waals surface area (Å²) in [5.74, 6) is -0.559. The average Bonchev–Trinajstić information content (AvgIpc) is 2.31. The van der Waals surface area contributed by atoms with Crippen LogP contribution in [0.15, 0.2) is 18.2 Å². The standard InChI is InChI=1S/C14H19F3N2O/c1-10-3-4-12(7-11(10)2)8-13(20)19(6-5-18)9-14(15,16)17/h3-4,7H,5-6,8-9,18H2,1-2H3. The molecule has 0 aliphatic rings. The van der Waals surface area contributed by atoms with Crippen LogP contribution in [-0.4, -0.2) is 36.6 Å². The van der Waals surface area contributed by atoms with Gasteiger partial charge in [-0.25, -0.2) is 0 Å². The van der Waals surface area contributed by atoms with Crippen LogP contribution in [0.5, 0.6) is 0 Å². The maximum Gasteiger partial charge on any atom is 0.406 e. The first-order valence-corrected chi connectivity index (χ1v) is 6.33. The molecule has 0 atom stereocenters. The normalized spacial score (nSPS) is 11.5. The topological polar surface area (TPSA) is 46.3 Å². The second-order valence-electron chi connectivity index (χ2n) is 4.81. The van der Waals surface area contributed by atoms with E-state index >= 15 is 0 Å². The van der Waals surface area contributed by atoms with Crippen molar-refractivity contribution in [3.05, 3.63) is 34.9 Å². The summed E-state index contributed by atoms with van der Waals surface area (Å²) in [6, 6.07) is 5.44. The summed E-state index contributed by atoms with van der Waals surface area (Å²) in [7, 11) is 0. The molecule has 1 aromatic rings. The number of alkyl halides is 3. The molecule has 0 aliphatic heterocycles. The summed E-state index contributed by atoms with van der Waals surface area (Å²) >= 11 is 0. The monoisotopic (exact) mass is 288 g/mol. The molecule has 2 N–H and O–H groups in total. The predicted molar refractivity (Wildman–Crippen MR) is 71.3 cm³/mol. The molecule has 112 valence electrons. The van der Waals surface area contributed by atoms with E-state index in [2.05, 4.69) is 0 Å². The fraction of sp³-hybridized carbons (Fsp3) is 0.500. The van der Waals surface area contributed by atoms with Gasteiger partial charge in [0.1, 0.15) is 6.54 Å². The van der Waals surface area contributed by atoms with Gasteiger partial charge in [-0.15, -0.1) is 0 Å². The van der Waals surface area contributed by atoms with Crippen molar-refractivity contribution in [1.82, 2.24) is 4.90 Å². The zero-order valence-electron chi connectivity index (χ0n) is 11.6. The van der Waals surface area contributed by atoms with Crippen molar-refractivity contribution in [1.29, 1.82) is 0 Å². The number of nitrogens with two attached hydrogens (primary N) is 1.